The van der Waals surface area contributed by atoms with Gasteiger partial charge in [0.2, 0.25) is 22.1 Å². The van der Waals surface area contributed by atoms with Gasteiger partial charge in [0.1, 0.15) is 6.04 Å². The zero-order valence-electron chi connectivity index (χ0n) is 14.6. The molecule has 2 fully saturated rings. The number of nitrogens with zero attached hydrogens (tertiary/aromatic N) is 4. The minimum atomic E-state index is -0.206. The molecule has 1 aromatic heterocycles. The number of aromatic nitrogens is 2. The minimum Gasteiger partial charge on any atom is -0.382 e. The first-order valence-electron chi connectivity index (χ1n) is 8.96. The Hall–Kier alpha value is -1.74. The molecule has 0 spiro atoms. The number of ether oxygens (including phenoxy) is 1. The Labute approximate surface area is 151 Å². The van der Waals surface area contributed by atoms with Gasteiger partial charge < -0.3 is 15.0 Å². The molecule has 2 aliphatic rings. The smallest absolute Gasteiger partial charge is 0.242 e. The van der Waals surface area contributed by atoms with E-state index in [1.807, 2.05) is 11.8 Å². The molecular formula is C16H25N5O3S. The van der Waals surface area contributed by atoms with Gasteiger partial charge in [0, 0.05) is 39.3 Å². The molecule has 3 rings (SSSR count). The van der Waals surface area contributed by atoms with Gasteiger partial charge in [-0.3, -0.25) is 14.5 Å². The zero-order valence-corrected chi connectivity index (χ0v) is 15.4. The van der Waals surface area contributed by atoms with Crippen molar-refractivity contribution < 1.29 is 14.3 Å². The molecule has 0 aliphatic carbocycles. The van der Waals surface area contributed by atoms with E-state index in [9.17, 15) is 9.59 Å². The molecule has 3 heterocycles. The maximum Gasteiger partial charge on any atom is 0.242 e. The van der Waals surface area contributed by atoms with E-state index >= 15 is 0 Å². The Morgan fingerprint density at radius 2 is 2.16 bits per heavy atom. The summed E-state index contributed by atoms with van der Waals surface area (Å²) in [6.07, 6.45) is 4.02. The Morgan fingerprint density at radius 1 is 1.32 bits per heavy atom. The second-order valence-corrected chi connectivity index (χ2v) is 7.14. The molecule has 1 unspecified atom stereocenters. The van der Waals surface area contributed by atoms with Crippen molar-refractivity contribution in [3.8, 4) is 0 Å². The van der Waals surface area contributed by atoms with Gasteiger partial charge in [-0.1, -0.05) is 11.3 Å². The number of anilines is 2. The van der Waals surface area contributed by atoms with E-state index < -0.39 is 0 Å². The summed E-state index contributed by atoms with van der Waals surface area (Å²) in [6, 6.07) is -0.206. The average Bonchev–Trinajstić information content (AvgIpc) is 3.33. The van der Waals surface area contributed by atoms with Gasteiger partial charge in [0.15, 0.2) is 0 Å². The molecule has 1 N–H and O–H groups in total. The second-order valence-electron chi connectivity index (χ2n) is 6.21. The van der Waals surface area contributed by atoms with Crippen molar-refractivity contribution >= 4 is 33.4 Å². The van der Waals surface area contributed by atoms with E-state index in [0.717, 1.165) is 37.4 Å². The van der Waals surface area contributed by atoms with E-state index in [1.165, 1.54) is 11.3 Å². The van der Waals surface area contributed by atoms with Crippen molar-refractivity contribution in [3.05, 3.63) is 0 Å². The van der Waals surface area contributed by atoms with E-state index in [-0.39, 0.29) is 17.9 Å². The van der Waals surface area contributed by atoms with Crippen molar-refractivity contribution in [2.75, 3.05) is 42.6 Å². The van der Waals surface area contributed by atoms with E-state index in [0.29, 0.717) is 37.9 Å². The minimum absolute atomic E-state index is 0.0306. The number of carbonyl (C=O) groups excluding carboxylic acids is 2. The third kappa shape index (κ3) is 4.27. The lowest BCUT2D eigenvalue weighted by atomic mass is 10.2. The van der Waals surface area contributed by atoms with Crippen LogP contribution in [0.25, 0.3) is 0 Å². The third-order valence-electron chi connectivity index (χ3n) is 4.48. The van der Waals surface area contributed by atoms with E-state index in [1.54, 1.807) is 4.90 Å². The summed E-state index contributed by atoms with van der Waals surface area (Å²) in [7, 11) is 0. The third-order valence-corrected chi connectivity index (χ3v) is 5.46. The maximum atomic E-state index is 12.5. The molecule has 0 aromatic carbocycles. The van der Waals surface area contributed by atoms with Gasteiger partial charge in [0.25, 0.3) is 0 Å². The van der Waals surface area contributed by atoms with Gasteiger partial charge in [0.05, 0.1) is 0 Å². The van der Waals surface area contributed by atoms with Gasteiger partial charge in [-0.25, -0.2) is 0 Å². The SMILES string of the molecule is CCOCCCNC(=O)C1CCCN1c1nnc(N2CCCC2=O)s1. The van der Waals surface area contributed by atoms with Crippen LogP contribution in [0.3, 0.4) is 0 Å². The lowest BCUT2D eigenvalue weighted by molar-refractivity contribution is -0.122. The van der Waals surface area contributed by atoms with Crippen LogP contribution in [-0.4, -0.2) is 60.9 Å². The highest BCUT2D eigenvalue weighted by atomic mass is 32.1. The monoisotopic (exact) mass is 367 g/mol. The quantitative estimate of drug-likeness (QED) is 0.694. The Bertz CT molecular complexity index is 608. The molecule has 2 aliphatic heterocycles. The predicted octanol–water partition coefficient (Wildman–Crippen LogP) is 1.18. The fourth-order valence-corrected chi connectivity index (χ4v) is 4.17. The Balaban J connectivity index is 1.57. The molecule has 25 heavy (non-hydrogen) atoms. The molecule has 138 valence electrons. The highest BCUT2D eigenvalue weighted by Crippen LogP contribution is 2.33. The zero-order chi connectivity index (χ0) is 17.6. The highest BCUT2D eigenvalue weighted by Gasteiger charge is 2.34. The van der Waals surface area contributed by atoms with Crippen LogP contribution in [0, 0.1) is 0 Å². The number of hydrogen-bond acceptors (Lipinski definition) is 7. The average molecular weight is 367 g/mol. The second kappa shape index (κ2) is 8.57. The van der Waals surface area contributed by atoms with Crippen LogP contribution in [0.5, 0.6) is 0 Å². The van der Waals surface area contributed by atoms with Gasteiger partial charge >= 0.3 is 0 Å². The molecule has 2 amide bonds. The lowest BCUT2D eigenvalue weighted by Crippen LogP contribution is -2.43. The molecule has 0 bridgehead atoms. The topological polar surface area (TPSA) is 87.7 Å². The van der Waals surface area contributed by atoms with Gasteiger partial charge in [-0.15, -0.1) is 10.2 Å². The summed E-state index contributed by atoms with van der Waals surface area (Å²) in [5.41, 5.74) is 0. The van der Waals surface area contributed by atoms with Crippen LogP contribution in [0.4, 0.5) is 10.3 Å². The first kappa shape index (κ1) is 18.1. The van der Waals surface area contributed by atoms with Crippen molar-refractivity contribution in [3.63, 3.8) is 0 Å². The number of amides is 2. The van der Waals surface area contributed by atoms with Crippen LogP contribution in [-0.2, 0) is 14.3 Å². The van der Waals surface area contributed by atoms with Crippen LogP contribution >= 0.6 is 11.3 Å². The Morgan fingerprint density at radius 3 is 2.92 bits per heavy atom. The molecule has 1 aromatic rings. The summed E-state index contributed by atoms with van der Waals surface area (Å²) < 4.78 is 5.28. The van der Waals surface area contributed by atoms with Crippen molar-refractivity contribution in [2.24, 2.45) is 0 Å². The molecule has 0 saturated carbocycles. The van der Waals surface area contributed by atoms with Gasteiger partial charge in [-0.05, 0) is 32.6 Å². The first-order valence-corrected chi connectivity index (χ1v) is 9.78. The number of nitrogens with one attached hydrogen (secondary N) is 1. The fraction of sp³-hybridized carbons (Fsp3) is 0.750. The van der Waals surface area contributed by atoms with Crippen LogP contribution in [0.2, 0.25) is 0 Å². The number of hydrogen-bond donors (Lipinski definition) is 1. The number of carbonyl (C=O) groups is 2. The molecule has 1 atom stereocenters. The fourth-order valence-electron chi connectivity index (χ4n) is 3.20. The maximum absolute atomic E-state index is 12.5. The predicted molar refractivity (Wildman–Crippen MR) is 96.0 cm³/mol. The molecule has 9 heteroatoms. The summed E-state index contributed by atoms with van der Waals surface area (Å²) in [6.45, 7) is 5.43. The molecule has 8 nitrogen and oxygen atoms in total. The van der Waals surface area contributed by atoms with Crippen molar-refractivity contribution in [2.45, 2.75) is 45.1 Å². The number of rotatable bonds is 8. The van der Waals surface area contributed by atoms with E-state index in [2.05, 4.69) is 15.5 Å². The Kier molecular flexibility index (Phi) is 6.19. The van der Waals surface area contributed by atoms with Gasteiger partial charge in [-0.2, -0.15) is 0 Å². The molecular weight excluding hydrogens is 342 g/mol. The van der Waals surface area contributed by atoms with Crippen LogP contribution < -0.4 is 15.1 Å². The van der Waals surface area contributed by atoms with Crippen LogP contribution in [0.15, 0.2) is 0 Å². The standard InChI is InChI=1S/C16H25N5O3S/c1-2-24-11-5-8-17-14(23)12-6-3-9-20(12)15-18-19-16(25-15)21-10-4-7-13(21)22/h12H,2-11H2,1H3,(H,17,23). The summed E-state index contributed by atoms with van der Waals surface area (Å²) in [5, 5.41) is 12.7. The van der Waals surface area contributed by atoms with Crippen molar-refractivity contribution in [1.29, 1.82) is 0 Å². The van der Waals surface area contributed by atoms with Crippen LogP contribution in [0.1, 0.15) is 39.0 Å². The summed E-state index contributed by atoms with van der Waals surface area (Å²) in [4.78, 5) is 28.0. The van der Waals surface area contributed by atoms with E-state index in [4.69, 9.17) is 4.74 Å². The normalized spacial score (nSPS) is 20.5. The molecule has 2 saturated heterocycles. The highest BCUT2D eigenvalue weighted by molar-refractivity contribution is 7.19. The lowest BCUT2D eigenvalue weighted by Gasteiger charge is -2.22. The summed E-state index contributed by atoms with van der Waals surface area (Å²) in [5.74, 6) is 0.135. The summed E-state index contributed by atoms with van der Waals surface area (Å²) >= 11 is 1.40. The largest absolute Gasteiger partial charge is 0.382 e. The first-order chi connectivity index (χ1) is 12.2. The van der Waals surface area contributed by atoms with Crippen molar-refractivity contribution in [1.82, 2.24) is 15.5 Å². The molecule has 0 radical (unpaired) electrons.